The highest BCUT2D eigenvalue weighted by molar-refractivity contribution is 6.16. The largest absolute Gasteiger partial charge is 0.612 e. The standard InChI is InChI=1S/C17H21N4O3/c1-13(17(22)12-14-6-4-3-5-7-14)20(2)19-18-15-8-10-16(11-9-15)21(23)24/h3-11,13,17,19,22H,12H2,1-2H3/q-1. The molecule has 7 heteroatoms. The monoisotopic (exact) mass is 329 g/mol. The maximum Gasteiger partial charge on any atom is 0.222 e. The van der Waals surface area contributed by atoms with E-state index in [2.05, 4.69) is 10.6 Å². The zero-order valence-electron chi connectivity index (χ0n) is 13.7. The van der Waals surface area contributed by atoms with Gasteiger partial charge in [0.15, 0.2) is 0 Å². The van der Waals surface area contributed by atoms with E-state index in [9.17, 15) is 15.5 Å². The first-order valence-electron chi connectivity index (χ1n) is 7.63. The number of aliphatic hydroxyl groups excluding tert-OH is 1. The summed E-state index contributed by atoms with van der Waals surface area (Å²) >= 11 is 0. The van der Waals surface area contributed by atoms with E-state index in [0.29, 0.717) is 12.1 Å². The first kappa shape index (κ1) is 17.7. The fourth-order valence-electron chi connectivity index (χ4n) is 2.16. The van der Waals surface area contributed by atoms with Gasteiger partial charge in [-0.05, 0) is 31.1 Å². The molecule has 0 saturated heterocycles. The predicted molar refractivity (Wildman–Crippen MR) is 94.2 cm³/mol. The van der Waals surface area contributed by atoms with Gasteiger partial charge in [0.1, 0.15) is 0 Å². The highest BCUT2D eigenvalue weighted by Gasteiger charge is 2.19. The van der Waals surface area contributed by atoms with Gasteiger partial charge in [-0.2, -0.15) is 10.0 Å². The molecule has 0 saturated carbocycles. The molecule has 0 aliphatic heterocycles. The summed E-state index contributed by atoms with van der Waals surface area (Å²) in [7, 11) is 1.79. The Balaban J connectivity index is 1.89. The number of aliphatic hydroxyl groups is 1. The summed E-state index contributed by atoms with van der Waals surface area (Å²) in [5.41, 5.74) is 4.50. The van der Waals surface area contributed by atoms with Gasteiger partial charge in [-0.25, -0.2) is 10.5 Å². The fourth-order valence-corrected chi connectivity index (χ4v) is 2.16. The van der Waals surface area contributed by atoms with E-state index in [1.165, 1.54) is 12.2 Å². The quantitative estimate of drug-likeness (QED) is 0.466. The van der Waals surface area contributed by atoms with Crippen molar-refractivity contribution in [2.75, 3.05) is 7.05 Å². The Morgan fingerprint density at radius 1 is 1.17 bits per heavy atom. The lowest BCUT2D eigenvalue weighted by atomic mass is 10.0. The molecule has 0 amide bonds. The molecule has 1 aromatic rings. The van der Waals surface area contributed by atoms with Gasteiger partial charge in [0.2, 0.25) is 5.71 Å². The Bertz CT molecular complexity index is 646. The molecule has 2 unspecified atom stereocenters. The molecule has 2 N–H and O–H groups in total. The number of hydrazine groups is 1. The summed E-state index contributed by atoms with van der Waals surface area (Å²) in [6, 6.07) is 9.61. The highest BCUT2D eigenvalue weighted by atomic mass is 16.8. The minimum absolute atomic E-state index is 0.0222. The van der Waals surface area contributed by atoms with Crippen LogP contribution < -0.4 is 5.53 Å². The maximum absolute atomic E-state index is 10.6. The lowest BCUT2D eigenvalue weighted by molar-refractivity contribution is -0.377. The molecule has 128 valence electrons. The number of benzene rings is 1. The van der Waals surface area contributed by atoms with Crippen LogP contribution in [0, 0.1) is 10.4 Å². The molecule has 0 radical (unpaired) electrons. The average Bonchev–Trinajstić information content (AvgIpc) is 2.60. The van der Waals surface area contributed by atoms with Crippen LogP contribution in [0.4, 0.5) is 0 Å². The third-order valence-corrected chi connectivity index (χ3v) is 3.85. The number of hydrogen-bond acceptors (Lipinski definition) is 6. The van der Waals surface area contributed by atoms with Crippen molar-refractivity contribution in [3.05, 3.63) is 70.6 Å². The van der Waals surface area contributed by atoms with E-state index in [-0.39, 0.29) is 11.8 Å². The number of hydrazone groups is 1. The van der Waals surface area contributed by atoms with Crippen LogP contribution in [0.5, 0.6) is 0 Å². The van der Waals surface area contributed by atoms with Gasteiger partial charge in [0, 0.05) is 19.2 Å². The molecular weight excluding hydrogens is 308 g/mol. The van der Waals surface area contributed by atoms with Crippen molar-refractivity contribution in [3.8, 4) is 0 Å². The Labute approximate surface area is 141 Å². The van der Waals surface area contributed by atoms with Crippen molar-refractivity contribution >= 4 is 11.4 Å². The van der Waals surface area contributed by atoms with Gasteiger partial charge < -0.3 is 15.5 Å². The van der Waals surface area contributed by atoms with Crippen LogP contribution in [0.2, 0.25) is 0 Å². The van der Waals surface area contributed by atoms with Crippen LogP contribution in [0.1, 0.15) is 12.5 Å². The van der Waals surface area contributed by atoms with Gasteiger partial charge in [-0.1, -0.05) is 30.3 Å². The van der Waals surface area contributed by atoms with E-state index >= 15 is 0 Å². The minimum Gasteiger partial charge on any atom is -0.612 e. The van der Waals surface area contributed by atoms with Crippen LogP contribution in [0.25, 0.3) is 0 Å². The van der Waals surface area contributed by atoms with Crippen molar-refractivity contribution < 1.29 is 10.0 Å². The molecule has 2 atom stereocenters. The molecule has 0 fully saturated rings. The molecule has 1 aliphatic carbocycles. The summed E-state index contributed by atoms with van der Waals surface area (Å²) in [6.07, 6.45) is 5.90. The third kappa shape index (κ3) is 4.94. The Morgan fingerprint density at radius 2 is 1.79 bits per heavy atom. The molecule has 0 bridgehead atoms. The molecule has 0 spiro atoms. The van der Waals surface area contributed by atoms with Gasteiger partial charge >= 0.3 is 0 Å². The van der Waals surface area contributed by atoms with Crippen LogP contribution in [0.15, 0.2) is 59.7 Å². The Morgan fingerprint density at radius 3 is 2.38 bits per heavy atom. The highest BCUT2D eigenvalue weighted by Crippen LogP contribution is 2.08. The van der Waals surface area contributed by atoms with Crippen molar-refractivity contribution in [3.63, 3.8) is 0 Å². The van der Waals surface area contributed by atoms with Gasteiger partial charge in [-0.15, -0.1) is 0 Å². The number of likely N-dealkylation sites (N-methyl/N-ethyl adjacent to an activating group) is 1. The van der Waals surface area contributed by atoms with Gasteiger partial charge in [-0.3, -0.25) is 0 Å². The number of nitrogens with one attached hydrogen (secondary N) is 1. The van der Waals surface area contributed by atoms with Crippen molar-refractivity contribution in [2.45, 2.75) is 25.5 Å². The second-order valence-corrected chi connectivity index (χ2v) is 5.59. The van der Waals surface area contributed by atoms with E-state index < -0.39 is 11.0 Å². The van der Waals surface area contributed by atoms with Crippen molar-refractivity contribution in [2.24, 2.45) is 5.10 Å². The smallest absolute Gasteiger partial charge is 0.222 e. The molecule has 1 aliphatic rings. The van der Waals surface area contributed by atoms with Crippen molar-refractivity contribution in [1.82, 2.24) is 10.5 Å². The van der Waals surface area contributed by atoms with E-state index in [1.54, 1.807) is 24.2 Å². The lowest BCUT2D eigenvalue weighted by Crippen LogP contribution is -2.46. The normalized spacial score (nSPS) is 16.2. The van der Waals surface area contributed by atoms with Crippen LogP contribution in [-0.4, -0.2) is 45.6 Å². The third-order valence-electron chi connectivity index (χ3n) is 3.85. The second kappa shape index (κ2) is 8.28. The number of allylic oxidation sites excluding steroid dienone is 4. The number of rotatable bonds is 6. The molecular formula is C17H21N4O3-. The molecule has 7 nitrogen and oxygen atoms in total. The minimum atomic E-state index is -0.558. The Hall–Kier alpha value is -2.64. The van der Waals surface area contributed by atoms with E-state index in [4.69, 9.17) is 0 Å². The number of hydrogen-bond donors (Lipinski definition) is 2. The van der Waals surface area contributed by atoms with Crippen LogP contribution in [0.3, 0.4) is 0 Å². The fraction of sp³-hybridized carbons (Fsp3) is 0.294. The summed E-state index contributed by atoms with van der Waals surface area (Å²) in [5.74, 6) is 0. The summed E-state index contributed by atoms with van der Waals surface area (Å²) in [4.78, 5) is -0.453. The van der Waals surface area contributed by atoms with Gasteiger partial charge in [0.05, 0.1) is 17.9 Å². The number of nitrogens with zero attached hydrogens (tertiary/aromatic N) is 3. The van der Waals surface area contributed by atoms with E-state index in [0.717, 1.165) is 5.56 Å². The zero-order chi connectivity index (χ0) is 17.5. The molecule has 2 rings (SSSR count). The summed E-state index contributed by atoms with van der Waals surface area (Å²) in [5, 5.41) is 37.4. The topological polar surface area (TPSA) is 97.0 Å². The molecule has 1 aromatic carbocycles. The first-order valence-corrected chi connectivity index (χ1v) is 7.63. The summed E-state index contributed by atoms with van der Waals surface area (Å²) < 4.78 is 0. The molecule has 0 heterocycles. The second-order valence-electron chi connectivity index (χ2n) is 5.59. The lowest BCUT2D eigenvalue weighted by Gasteiger charge is -2.28. The van der Waals surface area contributed by atoms with Gasteiger partial charge in [0.25, 0.3) is 0 Å². The molecule has 24 heavy (non-hydrogen) atoms. The average molecular weight is 329 g/mol. The zero-order valence-corrected chi connectivity index (χ0v) is 13.7. The van der Waals surface area contributed by atoms with Crippen LogP contribution >= 0.6 is 0 Å². The van der Waals surface area contributed by atoms with E-state index in [1.807, 2.05) is 37.3 Å². The van der Waals surface area contributed by atoms with Crippen molar-refractivity contribution in [1.29, 1.82) is 0 Å². The maximum atomic E-state index is 10.6. The predicted octanol–water partition coefficient (Wildman–Crippen LogP) is 1.35. The molecule has 0 aromatic heterocycles. The SMILES string of the molecule is CC(C(O)Cc1ccccc1)N(C)NN=C1C=CC(=[N+]([O-])[O-])C=C1. The first-order chi connectivity index (χ1) is 11.5. The Kier molecular flexibility index (Phi) is 6.11. The summed E-state index contributed by atoms with van der Waals surface area (Å²) in [6.45, 7) is 1.89. The van der Waals surface area contributed by atoms with Crippen LogP contribution in [-0.2, 0) is 6.42 Å².